The van der Waals surface area contributed by atoms with Gasteiger partial charge in [-0.15, -0.1) is 0 Å². The lowest BCUT2D eigenvalue weighted by Crippen LogP contribution is -2.30. The molecule has 0 aliphatic heterocycles. The summed E-state index contributed by atoms with van der Waals surface area (Å²) in [6, 6.07) is 11.5. The Morgan fingerprint density at radius 3 is 2.43 bits per heavy atom. The number of carbonyl (C=O) groups excluding carboxylic acids is 1. The molecule has 7 nitrogen and oxygen atoms in total. The maximum atomic E-state index is 12.8. The number of amides is 1. The van der Waals surface area contributed by atoms with Gasteiger partial charge in [-0.05, 0) is 56.2 Å². The first kappa shape index (κ1) is 21.6. The number of nitrogens with zero attached hydrogens (tertiary/aromatic N) is 2. The molecule has 0 aliphatic rings. The summed E-state index contributed by atoms with van der Waals surface area (Å²) >= 11 is 5.34. The van der Waals surface area contributed by atoms with Crippen LogP contribution in [0.15, 0.2) is 36.4 Å². The average Bonchev–Trinajstić information content (AvgIpc) is 3.08. The van der Waals surface area contributed by atoms with E-state index in [1.165, 1.54) is 0 Å². The van der Waals surface area contributed by atoms with E-state index < -0.39 is 0 Å². The number of benzene rings is 2. The van der Waals surface area contributed by atoms with Crippen LogP contribution in [0.5, 0.6) is 11.5 Å². The number of aromatic nitrogens is 3. The van der Waals surface area contributed by atoms with Crippen LogP contribution in [-0.2, 0) is 11.3 Å². The molecular weight excluding hydrogens is 400 g/mol. The van der Waals surface area contributed by atoms with Crippen LogP contribution in [0, 0.1) is 18.6 Å². The topological polar surface area (TPSA) is 81.2 Å². The molecule has 1 unspecified atom stereocenters. The third kappa shape index (κ3) is 4.54. The van der Waals surface area contributed by atoms with Crippen LogP contribution in [0.25, 0.3) is 11.4 Å². The van der Waals surface area contributed by atoms with Crippen molar-refractivity contribution in [2.24, 2.45) is 0 Å². The summed E-state index contributed by atoms with van der Waals surface area (Å²) in [4.78, 5) is 12.8. The minimum Gasteiger partial charge on any atom is -0.493 e. The summed E-state index contributed by atoms with van der Waals surface area (Å²) < 4.78 is 12.8. The fourth-order valence-electron chi connectivity index (χ4n) is 3.36. The van der Waals surface area contributed by atoms with Crippen molar-refractivity contribution in [2.75, 3.05) is 14.2 Å². The van der Waals surface area contributed by atoms with E-state index >= 15 is 0 Å². The molecule has 1 heterocycles. The molecule has 1 atom stereocenters. The van der Waals surface area contributed by atoms with E-state index in [-0.39, 0.29) is 18.5 Å². The fraction of sp³-hybridized carbons (Fsp3) is 0.318. The van der Waals surface area contributed by atoms with Gasteiger partial charge in [-0.1, -0.05) is 29.8 Å². The summed E-state index contributed by atoms with van der Waals surface area (Å²) in [6.07, 6.45) is 0. The molecule has 0 fully saturated rings. The van der Waals surface area contributed by atoms with Crippen molar-refractivity contribution in [3.05, 3.63) is 57.9 Å². The number of aryl methyl sites for hydroxylation is 2. The van der Waals surface area contributed by atoms with Gasteiger partial charge in [-0.25, -0.2) is 0 Å². The second-order valence-corrected chi connectivity index (χ2v) is 7.54. The second-order valence-electron chi connectivity index (χ2n) is 7.16. The monoisotopic (exact) mass is 426 g/mol. The maximum absolute atomic E-state index is 12.8. The quantitative estimate of drug-likeness (QED) is 0.556. The standard InChI is InChI=1S/C22H26N4O3S/c1-13-6-8-16(9-7-13)21-24-25-22(30)26(21)12-20(27)23-15(3)17-11-19(29-5)18(28-4)10-14(17)2/h6-11,15H,12H2,1-5H3,(H,23,27)(H,25,30). The largest absolute Gasteiger partial charge is 0.493 e. The molecule has 158 valence electrons. The summed E-state index contributed by atoms with van der Waals surface area (Å²) in [5, 5.41) is 10.1. The van der Waals surface area contributed by atoms with E-state index in [1.807, 2.05) is 57.2 Å². The van der Waals surface area contributed by atoms with Gasteiger partial charge in [0.1, 0.15) is 6.54 Å². The number of carbonyl (C=O) groups is 1. The van der Waals surface area contributed by atoms with Crippen LogP contribution in [0.1, 0.15) is 29.7 Å². The molecule has 0 bridgehead atoms. The lowest BCUT2D eigenvalue weighted by atomic mass is 10.0. The molecule has 1 aromatic heterocycles. The molecule has 2 N–H and O–H groups in total. The van der Waals surface area contributed by atoms with Gasteiger partial charge < -0.3 is 14.8 Å². The lowest BCUT2D eigenvalue weighted by molar-refractivity contribution is -0.122. The second kappa shape index (κ2) is 9.13. The minimum absolute atomic E-state index is 0.0647. The van der Waals surface area contributed by atoms with Gasteiger partial charge in [0.2, 0.25) is 5.91 Å². The molecule has 1 amide bonds. The molecule has 0 saturated carbocycles. The third-order valence-corrected chi connectivity index (χ3v) is 5.30. The number of hydrogen-bond acceptors (Lipinski definition) is 5. The molecule has 3 aromatic rings. The van der Waals surface area contributed by atoms with Crippen LogP contribution in [0.2, 0.25) is 0 Å². The van der Waals surface area contributed by atoms with Crippen molar-refractivity contribution < 1.29 is 14.3 Å². The van der Waals surface area contributed by atoms with Gasteiger partial charge in [0.25, 0.3) is 0 Å². The molecule has 8 heteroatoms. The number of ether oxygens (including phenoxy) is 2. The zero-order valence-electron chi connectivity index (χ0n) is 17.8. The molecule has 0 spiro atoms. The molecule has 0 radical (unpaired) electrons. The van der Waals surface area contributed by atoms with E-state index in [1.54, 1.807) is 18.8 Å². The first-order valence-corrected chi connectivity index (χ1v) is 9.99. The van der Waals surface area contributed by atoms with Crippen molar-refractivity contribution in [2.45, 2.75) is 33.4 Å². The van der Waals surface area contributed by atoms with Gasteiger partial charge in [0.05, 0.1) is 20.3 Å². The number of H-pyrrole nitrogens is 1. The number of aromatic amines is 1. The van der Waals surface area contributed by atoms with E-state index in [2.05, 4.69) is 15.5 Å². The molecule has 30 heavy (non-hydrogen) atoms. The predicted molar refractivity (Wildman–Crippen MR) is 118 cm³/mol. The summed E-state index contributed by atoms with van der Waals surface area (Å²) in [7, 11) is 3.19. The van der Waals surface area contributed by atoms with E-state index in [9.17, 15) is 4.79 Å². The van der Waals surface area contributed by atoms with Crippen LogP contribution in [0.4, 0.5) is 0 Å². The number of rotatable bonds is 7. The van der Waals surface area contributed by atoms with E-state index in [0.717, 1.165) is 22.3 Å². The van der Waals surface area contributed by atoms with Gasteiger partial charge in [-0.3, -0.25) is 14.5 Å². The summed E-state index contributed by atoms with van der Waals surface area (Å²) in [6.45, 7) is 5.99. The van der Waals surface area contributed by atoms with Crippen molar-refractivity contribution in [1.29, 1.82) is 0 Å². The molecule has 2 aromatic carbocycles. The van der Waals surface area contributed by atoms with Crippen LogP contribution in [0.3, 0.4) is 0 Å². The fourth-order valence-corrected chi connectivity index (χ4v) is 3.56. The highest BCUT2D eigenvalue weighted by Crippen LogP contribution is 2.32. The Balaban J connectivity index is 1.79. The van der Waals surface area contributed by atoms with Crippen molar-refractivity contribution in [1.82, 2.24) is 20.1 Å². The lowest BCUT2D eigenvalue weighted by Gasteiger charge is -2.19. The minimum atomic E-state index is -0.221. The SMILES string of the molecule is COc1cc(C)c(C(C)NC(=O)Cn2c(-c3ccc(C)cc3)n[nH]c2=S)cc1OC. The summed E-state index contributed by atoms with van der Waals surface area (Å²) in [5.74, 6) is 1.75. The Morgan fingerprint density at radius 1 is 1.17 bits per heavy atom. The Bertz CT molecular complexity index is 1100. The normalized spacial score (nSPS) is 11.8. The Morgan fingerprint density at radius 2 is 1.80 bits per heavy atom. The van der Waals surface area contributed by atoms with Crippen molar-refractivity contribution in [3.8, 4) is 22.9 Å². The van der Waals surface area contributed by atoms with Gasteiger partial charge in [0, 0.05) is 5.56 Å². The highest BCUT2D eigenvalue weighted by atomic mass is 32.1. The highest BCUT2D eigenvalue weighted by molar-refractivity contribution is 7.71. The smallest absolute Gasteiger partial charge is 0.240 e. The first-order valence-electron chi connectivity index (χ1n) is 9.58. The average molecular weight is 427 g/mol. The third-order valence-electron chi connectivity index (χ3n) is 4.99. The van der Waals surface area contributed by atoms with Crippen molar-refractivity contribution >= 4 is 18.1 Å². The number of nitrogens with one attached hydrogen (secondary N) is 2. The molecule has 0 saturated heterocycles. The first-order chi connectivity index (χ1) is 14.3. The van der Waals surface area contributed by atoms with Gasteiger partial charge in [0.15, 0.2) is 22.1 Å². The number of methoxy groups -OCH3 is 2. The van der Waals surface area contributed by atoms with Crippen molar-refractivity contribution in [3.63, 3.8) is 0 Å². The summed E-state index contributed by atoms with van der Waals surface area (Å²) in [5.41, 5.74) is 4.00. The Hall–Kier alpha value is -3.13. The van der Waals surface area contributed by atoms with Gasteiger partial charge in [-0.2, -0.15) is 5.10 Å². The zero-order valence-corrected chi connectivity index (χ0v) is 18.6. The number of hydrogen-bond donors (Lipinski definition) is 2. The van der Waals surface area contributed by atoms with Crippen LogP contribution < -0.4 is 14.8 Å². The molecule has 0 aliphatic carbocycles. The Kier molecular flexibility index (Phi) is 6.56. The zero-order chi connectivity index (χ0) is 21.8. The molecule has 3 rings (SSSR count). The van der Waals surface area contributed by atoms with E-state index in [4.69, 9.17) is 21.7 Å². The molecular formula is C22H26N4O3S. The predicted octanol–water partition coefficient (Wildman–Crippen LogP) is 4.12. The van der Waals surface area contributed by atoms with E-state index in [0.29, 0.717) is 22.1 Å². The van der Waals surface area contributed by atoms with Gasteiger partial charge >= 0.3 is 0 Å². The maximum Gasteiger partial charge on any atom is 0.240 e. The van der Waals surface area contributed by atoms with Crippen LogP contribution in [-0.4, -0.2) is 34.9 Å². The highest BCUT2D eigenvalue weighted by Gasteiger charge is 2.18. The van der Waals surface area contributed by atoms with Crippen LogP contribution >= 0.6 is 12.2 Å². The Labute approximate surface area is 181 Å².